The normalized spacial score (nSPS) is 12.1. The molecular formula is C16H36NNaO7S2. The SMILES string of the molecule is CCCC[N+](CCCC)(CCCC)CCCC.O=S(=O)([O-])OS(=O)(=O)[O-].[Na+]. The fraction of sp³-hybridized carbons (Fsp3) is 1.00. The molecule has 0 amide bonds. The predicted octanol–water partition coefficient (Wildman–Crippen LogP) is -0.0690. The number of nitrogens with zero attached hydrogens (tertiary/aromatic N) is 1. The summed E-state index contributed by atoms with van der Waals surface area (Å²) in [5.41, 5.74) is 0. The quantitative estimate of drug-likeness (QED) is 0.160. The first-order chi connectivity index (χ1) is 11.9. The van der Waals surface area contributed by atoms with E-state index in [2.05, 4.69) is 31.3 Å². The first kappa shape index (κ1) is 32.4. The van der Waals surface area contributed by atoms with Crippen molar-refractivity contribution < 1.29 is 63.6 Å². The summed E-state index contributed by atoms with van der Waals surface area (Å²) < 4.78 is 59.6. The van der Waals surface area contributed by atoms with Crippen LogP contribution in [0.5, 0.6) is 0 Å². The summed E-state index contributed by atoms with van der Waals surface area (Å²) in [6.07, 6.45) is 11.1. The van der Waals surface area contributed by atoms with Gasteiger partial charge in [0, 0.05) is 0 Å². The summed E-state index contributed by atoms with van der Waals surface area (Å²) in [5, 5.41) is 0. The molecule has 0 spiro atoms. The maximum absolute atomic E-state index is 9.29. The van der Waals surface area contributed by atoms with E-state index in [-0.39, 0.29) is 29.6 Å². The molecule has 0 aliphatic rings. The van der Waals surface area contributed by atoms with E-state index in [9.17, 15) is 25.9 Å². The van der Waals surface area contributed by atoms with Crippen LogP contribution in [-0.2, 0) is 24.4 Å². The summed E-state index contributed by atoms with van der Waals surface area (Å²) in [4.78, 5) is 0. The average Bonchev–Trinajstić information content (AvgIpc) is 2.50. The molecule has 0 aliphatic carbocycles. The van der Waals surface area contributed by atoms with Gasteiger partial charge in [-0.15, -0.1) is 0 Å². The zero-order chi connectivity index (χ0) is 20.7. The van der Waals surface area contributed by atoms with Crippen LogP contribution in [0, 0.1) is 0 Å². The summed E-state index contributed by atoms with van der Waals surface area (Å²) in [6, 6.07) is 0. The van der Waals surface area contributed by atoms with E-state index in [1.807, 2.05) is 0 Å². The van der Waals surface area contributed by atoms with Gasteiger partial charge < -0.3 is 13.6 Å². The molecule has 0 aromatic rings. The van der Waals surface area contributed by atoms with Crippen molar-refractivity contribution in [2.45, 2.75) is 79.1 Å². The fourth-order valence-corrected chi connectivity index (χ4v) is 3.56. The van der Waals surface area contributed by atoms with E-state index in [0.29, 0.717) is 0 Å². The van der Waals surface area contributed by atoms with E-state index in [1.54, 1.807) is 0 Å². The van der Waals surface area contributed by atoms with E-state index < -0.39 is 20.8 Å². The Hall–Kier alpha value is 0.740. The first-order valence-electron chi connectivity index (χ1n) is 9.43. The number of hydrogen-bond acceptors (Lipinski definition) is 7. The van der Waals surface area contributed by atoms with Crippen LogP contribution < -0.4 is 29.6 Å². The van der Waals surface area contributed by atoms with Crippen LogP contribution >= 0.6 is 0 Å². The molecule has 0 saturated heterocycles. The monoisotopic (exact) mass is 441 g/mol. The van der Waals surface area contributed by atoms with Crippen molar-refractivity contribution in [2.75, 3.05) is 26.2 Å². The maximum Gasteiger partial charge on any atom is 1.00 e. The van der Waals surface area contributed by atoms with E-state index >= 15 is 0 Å². The van der Waals surface area contributed by atoms with Gasteiger partial charge in [0.25, 0.3) is 0 Å². The van der Waals surface area contributed by atoms with Gasteiger partial charge in [-0.3, -0.25) is 0 Å². The second kappa shape index (κ2) is 17.6. The molecule has 8 nitrogen and oxygen atoms in total. The number of unbranched alkanes of at least 4 members (excludes halogenated alkanes) is 4. The standard InChI is InChI=1S/C16H36N.Na.H2O7S2/c1-5-9-13-17(14-10-6-2,15-11-7-3)16-12-8-4;;1-8(2,3)7-9(4,5)6/h5-16H2,1-4H3;;(H,1,2,3)(H,4,5,6)/q2*+1;/p-2. The van der Waals surface area contributed by atoms with Gasteiger partial charge in [-0.05, 0) is 25.7 Å². The minimum Gasteiger partial charge on any atom is -0.725 e. The van der Waals surface area contributed by atoms with Gasteiger partial charge in [0.2, 0.25) is 20.8 Å². The number of rotatable bonds is 14. The summed E-state index contributed by atoms with van der Waals surface area (Å²) in [6.45, 7) is 15.0. The summed E-state index contributed by atoms with van der Waals surface area (Å²) >= 11 is 0. The van der Waals surface area contributed by atoms with Crippen molar-refractivity contribution in [1.29, 1.82) is 0 Å². The molecule has 0 rings (SSSR count). The van der Waals surface area contributed by atoms with E-state index in [4.69, 9.17) is 0 Å². The second-order valence-electron chi connectivity index (χ2n) is 6.53. The third-order valence-corrected chi connectivity index (χ3v) is 5.44. The Morgan fingerprint density at radius 3 is 0.963 bits per heavy atom. The third kappa shape index (κ3) is 22.9. The predicted molar refractivity (Wildman–Crippen MR) is 99.8 cm³/mol. The minimum atomic E-state index is -5.43. The van der Waals surface area contributed by atoms with Gasteiger partial charge in [-0.2, -0.15) is 3.63 Å². The van der Waals surface area contributed by atoms with Gasteiger partial charge in [0.05, 0.1) is 26.2 Å². The molecule has 160 valence electrons. The Labute approximate surface area is 188 Å². The van der Waals surface area contributed by atoms with Gasteiger partial charge in [0.1, 0.15) is 0 Å². The van der Waals surface area contributed by atoms with Crippen molar-refractivity contribution in [1.82, 2.24) is 0 Å². The average molecular weight is 442 g/mol. The molecule has 0 saturated carbocycles. The zero-order valence-corrected chi connectivity index (χ0v) is 21.2. The smallest absolute Gasteiger partial charge is 0.725 e. The largest absolute Gasteiger partial charge is 1.00 e. The van der Waals surface area contributed by atoms with Gasteiger partial charge in [0.15, 0.2) is 0 Å². The van der Waals surface area contributed by atoms with Gasteiger partial charge >= 0.3 is 29.6 Å². The molecule has 0 bridgehead atoms. The molecular weight excluding hydrogens is 405 g/mol. The number of quaternary nitrogens is 1. The van der Waals surface area contributed by atoms with Crippen LogP contribution in [-0.4, -0.2) is 56.6 Å². The van der Waals surface area contributed by atoms with Crippen molar-refractivity contribution in [3.63, 3.8) is 0 Å². The molecule has 0 unspecified atom stereocenters. The van der Waals surface area contributed by atoms with Crippen LogP contribution in [0.4, 0.5) is 0 Å². The molecule has 0 aliphatic heterocycles. The Kier molecular flexibility index (Phi) is 21.1. The van der Waals surface area contributed by atoms with E-state index in [0.717, 1.165) is 0 Å². The first-order valence-corrected chi connectivity index (χ1v) is 12.1. The van der Waals surface area contributed by atoms with E-state index in [1.165, 1.54) is 82.0 Å². The molecule has 0 heterocycles. The molecule has 0 N–H and O–H groups in total. The molecule has 0 atom stereocenters. The van der Waals surface area contributed by atoms with Crippen LogP contribution in [0.2, 0.25) is 0 Å². The molecule has 0 aromatic carbocycles. The summed E-state index contributed by atoms with van der Waals surface area (Å²) in [5.74, 6) is 0. The molecule has 11 heteroatoms. The summed E-state index contributed by atoms with van der Waals surface area (Å²) in [7, 11) is -10.9. The molecule has 0 aromatic heterocycles. The zero-order valence-electron chi connectivity index (χ0n) is 17.6. The Bertz CT molecular complexity index is 471. The Balaban J connectivity index is -0.000000491. The van der Waals surface area contributed by atoms with Gasteiger partial charge in [-0.1, -0.05) is 53.4 Å². The van der Waals surface area contributed by atoms with Crippen molar-refractivity contribution in [2.24, 2.45) is 0 Å². The maximum atomic E-state index is 9.29. The minimum absolute atomic E-state index is 0. The third-order valence-electron chi connectivity index (χ3n) is 4.11. The molecule has 0 fully saturated rings. The fourth-order valence-electron chi connectivity index (χ4n) is 2.75. The van der Waals surface area contributed by atoms with Crippen molar-refractivity contribution >= 4 is 20.8 Å². The van der Waals surface area contributed by atoms with Crippen LogP contribution in [0.1, 0.15) is 79.1 Å². The van der Waals surface area contributed by atoms with Crippen molar-refractivity contribution in [3.8, 4) is 0 Å². The van der Waals surface area contributed by atoms with Gasteiger partial charge in [-0.25, -0.2) is 16.8 Å². The van der Waals surface area contributed by atoms with Crippen LogP contribution in [0.25, 0.3) is 0 Å². The van der Waals surface area contributed by atoms with Crippen molar-refractivity contribution in [3.05, 3.63) is 0 Å². The van der Waals surface area contributed by atoms with Crippen LogP contribution in [0.3, 0.4) is 0 Å². The molecule has 27 heavy (non-hydrogen) atoms. The Morgan fingerprint density at radius 2 is 0.852 bits per heavy atom. The van der Waals surface area contributed by atoms with Crippen LogP contribution in [0.15, 0.2) is 0 Å². The Morgan fingerprint density at radius 1 is 0.630 bits per heavy atom. The topological polar surface area (TPSA) is 124 Å². The molecule has 0 radical (unpaired) electrons. The number of hydrogen-bond donors (Lipinski definition) is 0. The second-order valence-corrected chi connectivity index (χ2v) is 8.71.